The first-order valence-electron chi connectivity index (χ1n) is 8.15. The molecule has 0 aromatic rings. The lowest BCUT2D eigenvalue weighted by Gasteiger charge is -2.38. The second-order valence-corrected chi connectivity index (χ2v) is 9.03. The van der Waals surface area contributed by atoms with Crippen LogP contribution in [0, 0.1) is 5.92 Å². The Bertz CT molecular complexity index is 463. The minimum atomic E-state index is -3.11. The van der Waals surface area contributed by atoms with Crippen molar-refractivity contribution < 1.29 is 13.2 Å². The van der Waals surface area contributed by atoms with Crippen molar-refractivity contribution in [2.45, 2.75) is 63.2 Å². The number of nitrogens with two attached hydrogens (primary N) is 1. The van der Waals surface area contributed by atoms with Crippen molar-refractivity contribution in [2.75, 3.05) is 18.8 Å². The van der Waals surface area contributed by atoms with Gasteiger partial charge in [0.1, 0.15) is 0 Å². The highest BCUT2D eigenvalue weighted by Crippen LogP contribution is 2.26. The summed E-state index contributed by atoms with van der Waals surface area (Å²) in [5.74, 6) is 0.545. The van der Waals surface area contributed by atoms with Gasteiger partial charge in [0.15, 0.2) is 9.84 Å². The zero-order valence-electron chi connectivity index (χ0n) is 13.4. The van der Waals surface area contributed by atoms with Gasteiger partial charge < -0.3 is 10.6 Å². The fraction of sp³-hybridized carbons (Fsp3) is 0.933. The molecule has 1 aliphatic carbocycles. The molecular formula is C15H29ClN2O3S. The predicted molar refractivity (Wildman–Crippen MR) is 90.9 cm³/mol. The first-order valence-corrected chi connectivity index (χ1v) is 9.86. The van der Waals surface area contributed by atoms with Crippen LogP contribution < -0.4 is 5.73 Å². The number of piperidine rings is 1. The minimum absolute atomic E-state index is 0. The Balaban J connectivity index is 0.00000242. The fourth-order valence-corrected chi connectivity index (χ4v) is 5.43. The molecule has 0 spiro atoms. The quantitative estimate of drug-likeness (QED) is 0.817. The molecule has 0 aromatic carbocycles. The summed E-state index contributed by atoms with van der Waals surface area (Å²) in [7, 11) is -3.11. The Morgan fingerprint density at radius 2 is 1.86 bits per heavy atom. The Morgan fingerprint density at radius 3 is 2.45 bits per heavy atom. The van der Waals surface area contributed by atoms with E-state index in [0.29, 0.717) is 19.0 Å². The van der Waals surface area contributed by atoms with Crippen LogP contribution in [-0.2, 0) is 14.6 Å². The Labute approximate surface area is 140 Å². The largest absolute Gasteiger partial charge is 0.338 e. The maximum atomic E-state index is 12.3. The molecular weight excluding hydrogens is 324 g/mol. The summed E-state index contributed by atoms with van der Waals surface area (Å²) in [6, 6.07) is 0.0791. The maximum Gasteiger partial charge on any atom is 0.223 e. The van der Waals surface area contributed by atoms with Crippen LogP contribution in [0.25, 0.3) is 0 Å². The van der Waals surface area contributed by atoms with Crippen molar-refractivity contribution in [1.29, 1.82) is 0 Å². The number of amides is 1. The molecule has 1 aliphatic heterocycles. The summed E-state index contributed by atoms with van der Waals surface area (Å²) < 4.78 is 24.5. The van der Waals surface area contributed by atoms with Crippen LogP contribution in [-0.4, -0.2) is 49.4 Å². The van der Waals surface area contributed by atoms with Gasteiger partial charge in [-0.15, -0.1) is 12.4 Å². The molecule has 5 nitrogen and oxygen atoms in total. The van der Waals surface area contributed by atoms with E-state index in [-0.39, 0.29) is 41.8 Å². The molecule has 7 heteroatoms. The molecule has 2 aliphatic rings. The van der Waals surface area contributed by atoms with E-state index < -0.39 is 9.84 Å². The second-order valence-electron chi connectivity index (χ2n) is 6.63. The molecule has 2 unspecified atom stereocenters. The highest BCUT2D eigenvalue weighted by Gasteiger charge is 2.32. The number of likely N-dealkylation sites (tertiary alicyclic amines) is 1. The number of hydrogen-bond acceptors (Lipinski definition) is 4. The molecule has 1 saturated heterocycles. The van der Waals surface area contributed by atoms with Crippen LogP contribution in [0.5, 0.6) is 0 Å². The second kappa shape index (κ2) is 8.50. The number of carbonyl (C=O) groups is 1. The topological polar surface area (TPSA) is 80.5 Å². The monoisotopic (exact) mass is 352 g/mol. The van der Waals surface area contributed by atoms with Crippen molar-refractivity contribution >= 4 is 28.2 Å². The molecule has 2 N–H and O–H groups in total. The molecule has 1 amide bonds. The first-order chi connectivity index (χ1) is 9.94. The van der Waals surface area contributed by atoms with Crippen molar-refractivity contribution in [3.8, 4) is 0 Å². The number of nitrogens with zero attached hydrogens (tertiary/aromatic N) is 1. The van der Waals surface area contributed by atoms with E-state index in [0.717, 1.165) is 38.5 Å². The van der Waals surface area contributed by atoms with E-state index >= 15 is 0 Å². The molecule has 1 heterocycles. The van der Waals surface area contributed by atoms with E-state index in [4.69, 9.17) is 5.73 Å². The number of hydrogen-bond donors (Lipinski definition) is 1. The van der Waals surface area contributed by atoms with Crippen molar-refractivity contribution in [3.63, 3.8) is 0 Å². The predicted octanol–water partition coefficient (Wildman–Crippen LogP) is 1.74. The standard InChI is InChI=1S/C15H28N2O3S.ClH/c1-12-6-8-17(13(10-12)11-16)15(18)7-9-21(19,20)14-4-2-3-5-14;/h12-14H,2-11,16H2,1H3;1H. The Hall–Kier alpha value is -0.330. The van der Waals surface area contributed by atoms with E-state index in [1.807, 2.05) is 4.90 Å². The van der Waals surface area contributed by atoms with Crippen LogP contribution in [0.1, 0.15) is 51.9 Å². The third-order valence-corrected chi connectivity index (χ3v) is 7.24. The zero-order chi connectivity index (χ0) is 15.5. The highest BCUT2D eigenvalue weighted by atomic mass is 35.5. The molecule has 130 valence electrons. The molecule has 2 atom stereocenters. The highest BCUT2D eigenvalue weighted by molar-refractivity contribution is 7.92. The first kappa shape index (κ1) is 19.7. The third kappa shape index (κ3) is 4.83. The van der Waals surface area contributed by atoms with Crippen LogP contribution in [0.4, 0.5) is 0 Å². The van der Waals surface area contributed by atoms with E-state index in [1.165, 1.54) is 0 Å². The molecule has 2 rings (SSSR count). The smallest absolute Gasteiger partial charge is 0.223 e. The average Bonchev–Trinajstić information content (AvgIpc) is 2.99. The summed E-state index contributed by atoms with van der Waals surface area (Å²) in [6.45, 7) is 3.35. The Morgan fingerprint density at radius 1 is 1.23 bits per heavy atom. The summed E-state index contributed by atoms with van der Waals surface area (Å²) in [4.78, 5) is 14.2. The summed E-state index contributed by atoms with van der Waals surface area (Å²) in [5, 5.41) is -0.211. The molecule has 0 bridgehead atoms. The normalized spacial score (nSPS) is 26.7. The van der Waals surface area contributed by atoms with Gasteiger partial charge in [0, 0.05) is 25.6 Å². The van der Waals surface area contributed by atoms with Gasteiger partial charge in [-0.05, 0) is 31.6 Å². The van der Waals surface area contributed by atoms with Crippen molar-refractivity contribution in [1.82, 2.24) is 4.90 Å². The van der Waals surface area contributed by atoms with Crippen LogP contribution in [0.3, 0.4) is 0 Å². The summed E-state index contributed by atoms with van der Waals surface area (Å²) in [5.41, 5.74) is 5.76. The molecule has 22 heavy (non-hydrogen) atoms. The van der Waals surface area contributed by atoms with Gasteiger partial charge >= 0.3 is 0 Å². The number of rotatable bonds is 5. The summed E-state index contributed by atoms with van der Waals surface area (Å²) >= 11 is 0. The number of carbonyl (C=O) groups excluding carboxylic acids is 1. The van der Waals surface area contributed by atoms with Gasteiger partial charge in [-0.2, -0.15) is 0 Å². The van der Waals surface area contributed by atoms with Gasteiger partial charge in [0.05, 0.1) is 11.0 Å². The maximum absolute atomic E-state index is 12.3. The van der Waals surface area contributed by atoms with Crippen LogP contribution >= 0.6 is 12.4 Å². The molecule has 0 radical (unpaired) electrons. The lowest BCUT2D eigenvalue weighted by molar-refractivity contribution is -0.134. The SMILES string of the molecule is CC1CCN(C(=O)CCS(=O)(=O)C2CCCC2)C(CN)C1.Cl. The summed E-state index contributed by atoms with van der Waals surface area (Å²) in [6.07, 6.45) is 5.56. The van der Waals surface area contributed by atoms with Gasteiger partial charge in [0.25, 0.3) is 0 Å². The average molecular weight is 353 g/mol. The van der Waals surface area contributed by atoms with Gasteiger partial charge in [-0.25, -0.2) is 8.42 Å². The van der Waals surface area contributed by atoms with Gasteiger partial charge in [-0.3, -0.25) is 4.79 Å². The number of sulfone groups is 1. The molecule has 0 aromatic heterocycles. The van der Waals surface area contributed by atoms with Crippen molar-refractivity contribution in [2.24, 2.45) is 11.7 Å². The fourth-order valence-electron chi connectivity index (χ4n) is 3.59. The lowest BCUT2D eigenvalue weighted by atomic mass is 9.92. The van der Waals surface area contributed by atoms with Gasteiger partial charge in [0.2, 0.25) is 5.91 Å². The Kier molecular flexibility index (Phi) is 7.62. The number of halogens is 1. The molecule has 1 saturated carbocycles. The van der Waals surface area contributed by atoms with Crippen LogP contribution in [0.15, 0.2) is 0 Å². The minimum Gasteiger partial charge on any atom is -0.338 e. The zero-order valence-corrected chi connectivity index (χ0v) is 15.0. The third-order valence-electron chi connectivity index (χ3n) is 4.98. The van der Waals surface area contributed by atoms with E-state index in [1.54, 1.807) is 0 Å². The van der Waals surface area contributed by atoms with Crippen LogP contribution in [0.2, 0.25) is 0 Å². The van der Waals surface area contributed by atoms with E-state index in [2.05, 4.69) is 6.92 Å². The lowest BCUT2D eigenvalue weighted by Crippen LogP contribution is -2.49. The van der Waals surface area contributed by atoms with Crippen molar-refractivity contribution in [3.05, 3.63) is 0 Å². The molecule has 2 fully saturated rings. The van der Waals surface area contributed by atoms with Gasteiger partial charge in [-0.1, -0.05) is 19.8 Å². The van der Waals surface area contributed by atoms with E-state index in [9.17, 15) is 13.2 Å².